The number of carbonyl (C=O) groups excluding carboxylic acids is 2. The van der Waals surface area contributed by atoms with Crippen LogP contribution < -0.4 is 10.6 Å². The van der Waals surface area contributed by atoms with E-state index in [0.29, 0.717) is 48.7 Å². The normalized spacial score (nSPS) is 20.6. The predicted octanol–water partition coefficient (Wildman–Crippen LogP) is 7.37. The summed E-state index contributed by atoms with van der Waals surface area (Å²) in [5, 5.41) is 8.92. The van der Waals surface area contributed by atoms with E-state index in [1.165, 1.54) is 30.0 Å². The van der Waals surface area contributed by atoms with Crippen molar-refractivity contribution in [3.63, 3.8) is 0 Å². The molecule has 8 rings (SSSR count). The van der Waals surface area contributed by atoms with Crippen LogP contribution in [-0.4, -0.2) is 37.8 Å². The van der Waals surface area contributed by atoms with Gasteiger partial charge < -0.3 is 10.6 Å². The molecular weight excluding hydrogens is 722 g/mol. The molecule has 0 bridgehead atoms. The molecule has 1 aliphatic heterocycles. The van der Waals surface area contributed by atoms with Gasteiger partial charge in [0.2, 0.25) is 5.91 Å². The maximum Gasteiger partial charge on any atom is 0.435 e. The van der Waals surface area contributed by atoms with Crippen molar-refractivity contribution in [3.05, 3.63) is 93.4 Å². The number of benzene rings is 2. The molecule has 2 aliphatic carbocycles. The second-order valence-electron chi connectivity index (χ2n) is 12.9. The summed E-state index contributed by atoms with van der Waals surface area (Å²) in [5.74, 6) is -9.76. The fraction of sp³-hybridized carbons (Fsp3) is 0.324. The van der Waals surface area contributed by atoms with E-state index < -0.39 is 76.9 Å². The SMILES string of the molecule is CSc1nc2nc(C(Cc3cc(F)cc(F)c3)NC(=O)Cn3nc(C(F)(F)F)c4c3C(F)(F)C3C4[C@H]3C)c(-c3ccc4c(c3)C(=O)NC4)cc2s1. The van der Waals surface area contributed by atoms with Gasteiger partial charge in [-0.05, 0) is 59.6 Å². The van der Waals surface area contributed by atoms with E-state index in [0.717, 1.165) is 17.7 Å². The van der Waals surface area contributed by atoms with Crippen LogP contribution >= 0.6 is 23.1 Å². The van der Waals surface area contributed by atoms with Gasteiger partial charge in [-0.2, -0.15) is 27.1 Å². The number of nitrogens with one attached hydrogen (secondary N) is 2. The van der Waals surface area contributed by atoms with Crippen LogP contribution in [0.15, 0.2) is 46.8 Å². The molecule has 0 spiro atoms. The highest BCUT2D eigenvalue weighted by Gasteiger charge is 2.72. The Labute approximate surface area is 292 Å². The van der Waals surface area contributed by atoms with E-state index in [4.69, 9.17) is 4.98 Å². The first kappa shape index (κ1) is 33.6. The first-order valence-electron chi connectivity index (χ1n) is 15.7. The van der Waals surface area contributed by atoms with Crippen LogP contribution in [0.4, 0.5) is 30.7 Å². The largest absolute Gasteiger partial charge is 0.435 e. The Morgan fingerprint density at radius 2 is 1.86 bits per heavy atom. The minimum atomic E-state index is -5.03. The van der Waals surface area contributed by atoms with Crippen LogP contribution in [-0.2, 0) is 36.4 Å². The third-order valence-electron chi connectivity index (χ3n) is 9.70. The Kier molecular flexibility index (Phi) is 7.76. The topological polar surface area (TPSA) is 102 Å². The summed E-state index contributed by atoms with van der Waals surface area (Å²) in [7, 11) is 0. The minimum Gasteiger partial charge on any atom is -0.348 e. The molecule has 17 heteroatoms. The lowest BCUT2D eigenvalue weighted by atomic mass is 9.93. The van der Waals surface area contributed by atoms with Gasteiger partial charge in [-0.15, -0.1) is 11.3 Å². The monoisotopic (exact) mass is 746 g/mol. The van der Waals surface area contributed by atoms with Gasteiger partial charge in [-0.25, -0.2) is 18.7 Å². The van der Waals surface area contributed by atoms with Gasteiger partial charge in [0.25, 0.3) is 11.8 Å². The van der Waals surface area contributed by atoms with E-state index in [9.17, 15) is 31.5 Å². The van der Waals surface area contributed by atoms with Crippen LogP contribution in [0.1, 0.15) is 63.0 Å². The Hall–Kier alpha value is -4.51. The van der Waals surface area contributed by atoms with Gasteiger partial charge in [0.05, 0.1) is 16.4 Å². The molecule has 2 amide bonds. The molecule has 5 aromatic rings. The second-order valence-corrected chi connectivity index (χ2v) is 15.0. The summed E-state index contributed by atoms with van der Waals surface area (Å²) >= 11 is 2.72. The third-order valence-corrected chi connectivity index (χ3v) is 11.7. The molecule has 8 nitrogen and oxygen atoms in total. The molecule has 3 aromatic heterocycles. The number of rotatable bonds is 8. The first-order chi connectivity index (χ1) is 24.1. The molecule has 2 aromatic carbocycles. The highest BCUT2D eigenvalue weighted by Crippen LogP contribution is 2.71. The zero-order valence-corrected chi connectivity index (χ0v) is 28.2. The first-order valence-corrected chi connectivity index (χ1v) is 17.8. The molecule has 0 radical (unpaired) electrons. The number of thiazole rings is 1. The lowest BCUT2D eigenvalue weighted by Crippen LogP contribution is -2.35. The van der Waals surface area contributed by atoms with E-state index in [1.54, 1.807) is 24.3 Å². The van der Waals surface area contributed by atoms with Crippen LogP contribution in [0.2, 0.25) is 0 Å². The van der Waals surface area contributed by atoms with Crippen molar-refractivity contribution >= 4 is 45.3 Å². The highest BCUT2D eigenvalue weighted by molar-refractivity contribution is 8.00. The molecule has 264 valence electrons. The fourth-order valence-electron chi connectivity index (χ4n) is 7.46. The Balaban J connectivity index is 1.23. The molecule has 1 fully saturated rings. The van der Waals surface area contributed by atoms with Gasteiger partial charge in [0, 0.05) is 41.1 Å². The Bertz CT molecular complexity index is 2270. The van der Waals surface area contributed by atoms with Gasteiger partial charge >= 0.3 is 6.18 Å². The number of thioether (sulfide) groups is 1. The number of hydrogen-bond acceptors (Lipinski definition) is 7. The zero-order valence-electron chi connectivity index (χ0n) is 26.5. The number of halogens is 7. The van der Waals surface area contributed by atoms with Gasteiger partial charge in [0.15, 0.2) is 15.7 Å². The number of nitrogens with zero attached hydrogens (tertiary/aromatic N) is 4. The smallest absolute Gasteiger partial charge is 0.348 e. The van der Waals surface area contributed by atoms with Crippen molar-refractivity contribution in [2.24, 2.45) is 11.8 Å². The highest BCUT2D eigenvalue weighted by atomic mass is 32.2. The van der Waals surface area contributed by atoms with Crippen molar-refractivity contribution in [2.75, 3.05) is 6.26 Å². The molecule has 3 unspecified atom stereocenters. The van der Waals surface area contributed by atoms with Crippen molar-refractivity contribution < 1.29 is 40.3 Å². The standard InChI is InChI=1S/C34H25F7N6O2S2/c1-13-24-25-28(34(39,40)41)46-47(29(25)33(37,38)26(13)24)12-23(48)43-21(7-14-5-17(35)9-18(36)6-14)27-19(10-22-30(44-27)45-32(50-2)51-22)15-3-4-16-11-42-31(49)20(16)8-15/h3-6,8-10,13,21,24,26H,7,11-12H2,1-2H3,(H,42,49)(H,43,48)/t13-,21?,24?,26?/m1/s1. The van der Waals surface area contributed by atoms with E-state index >= 15 is 8.78 Å². The van der Waals surface area contributed by atoms with Crippen molar-refractivity contribution in [2.45, 2.75) is 54.8 Å². The predicted molar refractivity (Wildman–Crippen MR) is 173 cm³/mol. The lowest BCUT2D eigenvalue weighted by molar-refractivity contribution is -0.142. The number of alkyl halides is 5. The summed E-state index contributed by atoms with van der Waals surface area (Å²) < 4.78 is 104. The van der Waals surface area contributed by atoms with Crippen molar-refractivity contribution in [3.8, 4) is 11.1 Å². The average molecular weight is 747 g/mol. The van der Waals surface area contributed by atoms with Crippen molar-refractivity contribution in [1.82, 2.24) is 30.4 Å². The Morgan fingerprint density at radius 1 is 1.12 bits per heavy atom. The van der Waals surface area contributed by atoms with E-state index in [-0.39, 0.29) is 23.6 Å². The summed E-state index contributed by atoms with van der Waals surface area (Å²) in [4.78, 5) is 35.6. The van der Waals surface area contributed by atoms with Gasteiger partial charge in [-0.3, -0.25) is 14.3 Å². The molecule has 2 N–H and O–H groups in total. The fourth-order valence-corrected chi connectivity index (χ4v) is 8.92. The molecule has 3 aliphatic rings. The molecule has 4 atom stereocenters. The number of carbonyl (C=O) groups is 2. The van der Waals surface area contributed by atoms with Crippen LogP contribution in [0.25, 0.3) is 21.5 Å². The summed E-state index contributed by atoms with van der Waals surface area (Å²) in [6.07, 6.45) is -3.48. The zero-order chi connectivity index (χ0) is 36.1. The maximum absolute atomic E-state index is 15.5. The molecule has 0 saturated heterocycles. The third kappa shape index (κ3) is 5.64. The molecular formula is C34H25F7N6O2S2. The van der Waals surface area contributed by atoms with Gasteiger partial charge in [0.1, 0.15) is 23.9 Å². The number of amides is 2. The summed E-state index contributed by atoms with van der Waals surface area (Å²) in [6.45, 7) is 0.788. The average Bonchev–Trinajstić information content (AvgIpc) is 3.42. The number of fused-ring (bicyclic) bond motifs is 5. The number of hydrogen-bond donors (Lipinski definition) is 2. The van der Waals surface area contributed by atoms with Crippen molar-refractivity contribution in [1.29, 1.82) is 0 Å². The van der Waals surface area contributed by atoms with Crippen LogP contribution in [0.3, 0.4) is 0 Å². The van der Waals surface area contributed by atoms with Crippen LogP contribution in [0.5, 0.6) is 0 Å². The summed E-state index contributed by atoms with van der Waals surface area (Å²) in [6, 6.07) is 8.50. The lowest BCUT2D eigenvalue weighted by Gasteiger charge is -2.23. The molecule has 4 heterocycles. The number of aromatic nitrogens is 4. The minimum absolute atomic E-state index is 0.0991. The van der Waals surface area contributed by atoms with Crippen LogP contribution in [0, 0.1) is 23.5 Å². The second kappa shape index (κ2) is 11.8. The maximum atomic E-state index is 15.5. The Morgan fingerprint density at radius 3 is 2.57 bits per heavy atom. The van der Waals surface area contributed by atoms with E-state index in [2.05, 4.69) is 20.7 Å². The van der Waals surface area contributed by atoms with Gasteiger partial charge in [-0.1, -0.05) is 30.8 Å². The molecule has 1 saturated carbocycles. The summed E-state index contributed by atoms with van der Waals surface area (Å²) in [5.41, 5.74) is -0.289. The molecule has 51 heavy (non-hydrogen) atoms. The number of pyridine rings is 1. The van der Waals surface area contributed by atoms with E-state index in [1.807, 2.05) is 6.26 Å². The quantitative estimate of drug-likeness (QED) is 0.127.